The van der Waals surface area contributed by atoms with E-state index >= 15 is 0 Å². The second-order valence-electron chi connectivity index (χ2n) is 10.9. The minimum absolute atomic E-state index is 0.268. The Morgan fingerprint density at radius 3 is 1.14 bits per heavy atom. The zero-order chi connectivity index (χ0) is 27.9. The van der Waals surface area contributed by atoms with Gasteiger partial charge in [-0.2, -0.15) is 0 Å². The molecule has 4 nitrogen and oxygen atoms in total. The molecule has 7 aromatic carbocycles. The molecule has 42 heavy (non-hydrogen) atoms. The Hall–Kier alpha value is -5.74. The average Bonchev–Trinajstić information content (AvgIpc) is 3.60. The summed E-state index contributed by atoms with van der Waals surface area (Å²) in [6.45, 7) is 0. The number of rotatable bonds is 2. The highest BCUT2D eigenvalue weighted by Crippen LogP contribution is 2.51. The molecule has 0 fully saturated rings. The molecule has 0 spiro atoms. The Bertz CT molecular complexity index is 2370. The molecule has 9 rings (SSSR count). The maximum Gasteiger partial charge on any atom is 0.123 e. The van der Waals surface area contributed by atoms with E-state index in [0.29, 0.717) is 0 Å². The zero-order valence-electron chi connectivity index (χ0n) is 22.4. The summed E-state index contributed by atoms with van der Waals surface area (Å²) in [5.74, 6) is 0.536. The van der Waals surface area contributed by atoms with E-state index in [1.807, 2.05) is 48.5 Å². The lowest BCUT2D eigenvalue weighted by Crippen LogP contribution is -1.91. The Balaban J connectivity index is 1.60. The number of aromatic hydroxyl groups is 2. The monoisotopic (exact) mass is 540 g/mol. The van der Waals surface area contributed by atoms with Gasteiger partial charge in [-0.15, -0.1) is 0 Å². The molecule has 0 aliphatic rings. The van der Waals surface area contributed by atoms with E-state index < -0.39 is 0 Å². The SMILES string of the molecule is Oc1ccc(-c2c3[nH]c4ccccc4c3c(-c3ccc(O)c4ccccc34)c3[nH]c4ccccc4c23)c2ccccc12. The number of aromatic nitrogens is 2. The summed E-state index contributed by atoms with van der Waals surface area (Å²) in [7, 11) is 0. The molecule has 0 bridgehead atoms. The zero-order valence-corrected chi connectivity index (χ0v) is 22.4. The fourth-order valence-corrected chi connectivity index (χ4v) is 6.97. The quantitative estimate of drug-likeness (QED) is 0.176. The third-order valence-corrected chi connectivity index (χ3v) is 8.75. The van der Waals surface area contributed by atoms with E-state index in [4.69, 9.17) is 0 Å². The van der Waals surface area contributed by atoms with Gasteiger partial charge in [-0.1, -0.05) is 84.9 Å². The fraction of sp³-hybridized carbons (Fsp3) is 0. The van der Waals surface area contributed by atoms with Crippen LogP contribution in [0.1, 0.15) is 0 Å². The van der Waals surface area contributed by atoms with Gasteiger partial charge in [0.1, 0.15) is 11.5 Å². The van der Waals surface area contributed by atoms with Gasteiger partial charge in [0.2, 0.25) is 0 Å². The Labute approximate surface area is 240 Å². The Morgan fingerprint density at radius 1 is 0.357 bits per heavy atom. The van der Waals surface area contributed by atoms with E-state index in [9.17, 15) is 10.2 Å². The van der Waals surface area contributed by atoms with Crippen LogP contribution in [0.5, 0.6) is 11.5 Å². The van der Waals surface area contributed by atoms with E-state index in [-0.39, 0.29) is 11.5 Å². The summed E-state index contributed by atoms with van der Waals surface area (Å²) in [6, 6.07) is 40.6. The first-order chi connectivity index (χ1) is 20.7. The molecule has 0 aliphatic carbocycles. The van der Waals surface area contributed by atoms with Crippen molar-refractivity contribution in [3.63, 3.8) is 0 Å². The molecule has 0 unspecified atom stereocenters. The number of phenols is 2. The van der Waals surface area contributed by atoms with Gasteiger partial charge in [-0.3, -0.25) is 0 Å². The van der Waals surface area contributed by atoms with E-state index in [1.165, 1.54) is 0 Å². The third kappa shape index (κ3) is 3.01. The number of hydrogen-bond donors (Lipinski definition) is 4. The van der Waals surface area contributed by atoms with Crippen LogP contribution >= 0.6 is 0 Å². The molecule has 4 N–H and O–H groups in total. The number of hydrogen-bond acceptors (Lipinski definition) is 2. The lowest BCUT2D eigenvalue weighted by Gasteiger charge is -2.17. The smallest absolute Gasteiger partial charge is 0.123 e. The minimum atomic E-state index is 0.268. The van der Waals surface area contributed by atoms with E-state index in [0.717, 1.165) is 87.4 Å². The number of fused-ring (bicyclic) bond motifs is 8. The number of nitrogens with one attached hydrogen (secondary N) is 2. The third-order valence-electron chi connectivity index (χ3n) is 8.75. The number of benzene rings is 7. The van der Waals surface area contributed by atoms with Gasteiger partial charge in [0.15, 0.2) is 0 Å². The largest absolute Gasteiger partial charge is 0.507 e. The average molecular weight is 541 g/mol. The first-order valence-electron chi connectivity index (χ1n) is 14.1. The van der Waals surface area contributed by atoms with Crippen LogP contribution in [0.25, 0.3) is 87.4 Å². The first-order valence-corrected chi connectivity index (χ1v) is 14.1. The fourth-order valence-electron chi connectivity index (χ4n) is 6.97. The van der Waals surface area contributed by atoms with Crippen LogP contribution in [0.15, 0.2) is 121 Å². The maximum absolute atomic E-state index is 10.8. The van der Waals surface area contributed by atoms with Crippen molar-refractivity contribution in [2.24, 2.45) is 0 Å². The van der Waals surface area contributed by atoms with Crippen molar-refractivity contribution in [1.29, 1.82) is 0 Å². The molecule has 0 aliphatic heterocycles. The van der Waals surface area contributed by atoms with Gasteiger partial charge in [-0.25, -0.2) is 0 Å². The molecule has 2 heterocycles. The van der Waals surface area contributed by atoms with Crippen LogP contribution in [-0.4, -0.2) is 20.2 Å². The lowest BCUT2D eigenvalue weighted by molar-refractivity contribution is 0.481. The minimum Gasteiger partial charge on any atom is -0.507 e. The van der Waals surface area contributed by atoms with Crippen molar-refractivity contribution in [3.05, 3.63) is 121 Å². The predicted octanol–water partition coefficient (Wildman–Crippen LogP) is 10.0. The van der Waals surface area contributed by atoms with Gasteiger partial charge >= 0.3 is 0 Å². The van der Waals surface area contributed by atoms with Crippen molar-refractivity contribution in [2.45, 2.75) is 0 Å². The molecule has 0 amide bonds. The van der Waals surface area contributed by atoms with E-state index in [2.05, 4.69) is 70.6 Å². The van der Waals surface area contributed by atoms with Gasteiger partial charge in [0, 0.05) is 54.5 Å². The molecular formula is C38H24N2O2. The summed E-state index contributed by atoms with van der Waals surface area (Å²) in [5.41, 5.74) is 8.48. The van der Waals surface area contributed by atoms with Crippen LogP contribution in [0.2, 0.25) is 0 Å². The summed E-state index contributed by atoms with van der Waals surface area (Å²) in [6.07, 6.45) is 0. The number of aromatic amines is 2. The van der Waals surface area contributed by atoms with Crippen LogP contribution in [-0.2, 0) is 0 Å². The molecule has 2 aromatic heterocycles. The number of para-hydroxylation sites is 2. The summed E-state index contributed by atoms with van der Waals surface area (Å²) in [4.78, 5) is 7.63. The van der Waals surface area contributed by atoms with Crippen molar-refractivity contribution in [2.75, 3.05) is 0 Å². The Kier molecular flexibility index (Phi) is 4.59. The molecule has 9 aromatic rings. The van der Waals surface area contributed by atoms with Crippen molar-refractivity contribution in [1.82, 2.24) is 9.97 Å². The van der Waals surface area contributed by atoms with Crippen LogP contribution < -0.4 is 0 Å². The first kappa shape index (κ1) is 23.0. The van der Waals surface area contributed by atoms with Crippen LogP contribution in [0.4, 0.5) is 0 Å². The summed E-state index contributed by atoms with van der Waals surface area (Å²) < 4.78 is 0. The van der Waals surface area contributed by atoms with Crippen molar-refractivity contribution in [3.8, 4) is 33.8 Å². The molecule has 198 valence electrons. The van der Waals surface area contributed by atoms with Crippen molar-refractivity contribution < 1.29 is 10.2 Å². The van der Waals surface area contributed by atoms with E-state index in [1.54, 1.807) is 12.1 Å². The second kappa shape index (κ2) is 8.38. The topological polar surface area (TPSA) is 72.0 Å². The molecule has 4 heteroatoms. The maximum atomic E-state index is 10.8. The van der Waals surface area contributed by atoms with Gasteiger partial charge in [0.25, 0.3) is 0 Å². The Morgan fingerprint density at radius 2 is 0.714 bits per heavy atom. The molecule has 0 saturated carbocycles. The van der Waals surface area contributed by atoms with Gasteiger partial charge in [0.05, 0.1) is 11.0 Å². The van der Waals surface area contributed by atoms with Gasteiger partial charge in [-0.05, 0) is 58.3 Å². The lowest BCUT2D eigenvalue weighted by atomic mass is 9.87. The summed E-state index contributed by atoms with van der Waals surface area (Å²) >= 11 is 0. The highest BCUT2D eigenvalue weighted by Gasteiger charge is 2.25. The van der Waals surface area contributed by atoms with Crippen molar-refractivity contribution >= 4 is 65.2 Å². The molecule has 0 radical (unpaired) electrons. The summed E-state index contributed by atoms with van der Waals surface area (Å²) in [5, 5.41) is 29.7. The molecule has 0 atom stereocenters. The number of phenolic OH excluding ortho intramolecular Hbond substituents is 2. The highest BCUT2D eigenvalue weighted by atomic mass is 16.3. The predicted molar refractivity (Wildman–Crippen MR) is 174 cm³/mol. The standard InChI is InChI=1S/C38H24N2O2/c41-31-19-17-25(21-9-1-3-11-23(21)31)33-35-27-13-5-7-15-29(27)40-38(35)34(36-28-14-6-8-16-30(28)39-37(33)36)26-18-20-32(42)24-12-4-2-10-22(24)26/h1-20,39-42H. The van der Waals surface area contributed by atoms with Crippen LogP contribution in [0, 0.1) is 0 Å². The second-order valence-corrected chi connectivity index (χ2v) is 10.9. The molecular weight excluding hydrogens is 516 g/mol. The van der Waals surface area contributed by atoms with Gasteiger partial charge < -0.3 is 20.2 Å². The number of H-pyrrole nitrogens is 2. The van der Waals surface area contributed by atoms with Crippen LogP contribution in [0.3, 0.4) is 0 Å². The highest BCUT2D eigenvalue weighted by molar-refractivity contribution is 6.34. The molecule has 0 saturated heterocycles. The normalized spacial score (nSPS) is 12.0.